The van der Waals surface area contributed by atoms with Gasteiger partial charge < -0.3 is 4.90 Å². The van der Waals surface area contributed by atoms with Gasteiger partial charge in [0.25, 0.3) is 0 Å². The second-order valence-electron chi connectivity index (χ2n) is 5.13. The molecule has 0 aromatic heterocycles. The molecule has 0 spiro atoms. The quantitative estimate of drug-likeness (QED) is 0.776. The standard InChI is InChI=1S/C14H20ClFN2O2S/c1-2-5-17-6-8-18(9-7-17)21(19,20)14-10-13(16)4-3-12(14)11-15/h3-4,10H,2,5-9,11H2,1H3. The van der Waals surface area contributed by atoms with E-state index in [9.17, 15) is 12.8 Å². The molecule has 0 atom stereocenters. The highest BCUT2D eigenvalue weighted by molar-refractivity contribution is 7.89. The number of piperazine rings is 1. The molecule has 0 unspecified atom stereocenters. The minimum atomic E-state index is -3.68. The molecule has 1 aliphatic heterocycles. The number of halogens is 2. The molecule has 7 heteroatoms. The van der Waals surface area contributed by atoms with Crippen molar-refractivity contribution in [3.8, 4) is 0 Å². The Hall–Kier alpha value is -0.690. The minimum Gasteiger partial charge on any atom is -0.301 e. The highest BCUT2D eigenvalue weighted by atomic mass is 35.5. The van der Waals surface area contributed by atoms with Gasteiger partial charge in [-0.1, -0.05) is 13.0 Å². The summed E-state index contributed by atoms with van der Waals surface area (Å²) >= 11 is 5.78. The van der Waals surface area contributed by atoms with E-state index in [1.807, 2.05) is 0 Å². The molecule has 1 saturated heterocycles. The molecule has 0 saturated carbocycles. The van der Waals surface area contributed by atoms with Crippen LogP contribution in [-0.4, -0.2) is 50.3 Å². The van der Waals surface area contributed by atoms with Crippen LogP contribution in [0.3, 0.4) is 0 Å². The zero-order valence-corrected chi connectivity index (χ0v) is 13.6. The number of nitrogens with zero attached hydrogens (tertiary/aromatic N) is 2. The fourth-order valence-electron chi connectivity index (χ4n) is 2.53. The first kappa shape index (κ1) is 16.7. The highest BCUT2D eigenvalue weighted by Crippen LogP contribution is 2.24. The van der Waals surface area contributed by atoms with E-state index in [1.165, 1.54) is 16.4 Å². The van der Waals surface area contributed by atoms with Gasteiger partial charge in [0.05, 0.1) is 4.90 Å². The summed E-state index contributed by atoms with van der Waals surface area (Å²) < 4.78 is 40.2. The van der Waals surface area contributed by atoms with Crippen LogP contribution in [0.2, 0.25) is 0 Å². The van der Waals surface area contributed by atoms with Crippen LogP contribution in [0, 0.1) is 5.82 Å². The predicted octanol–water partition coefficient (Wildman–Crippen LogP) is 2.28. The topological polar surface area (TPSA) is 40.6 Å². The smallest absolute Gasteiger partial charge is 0.243 e. The summed E-state index contributed by atoms with van der Waals surface area (Å²) in [6, 6.07) is 3.73. The highest BCUT2D eigenvalue weighted by Gasteiger charge is 2.30. The van der Waals surface area contributed by atoms with Crippen LogP contribution < -0.4 is 0 Å². The molecular weight excluding hydrogens is 315 g/mol. The van der Waals surface area contributed by atoms with Crippen molar-refractivity contribution < 1.29 is 12.8 Å². The van der Waals surface area contributed by atoms with Gasteiger partial charge in [-0.2, -0.15) is 4.31 Å². The van der Waals surface area contributed by atoms with Gasteiger partial charge in [0.15, 0.2) is 0 Å². The Morgan fingerprint density at radius 3 is 2.48 bits per heavy atom. The van der Waals surface area contributed by atoms with Crippen LogP contribution in [-0.2, 0) is 15.9 Å². The van der Waals surface area contributed by atoms with E-state index >= 15 is 0 Å². The maximum Gasteiger partial charge on any atom is 0.243 e. The molecule has 1 heterocycles. The maximum absolute atomic E-state index is 13.4. The lowest BCUT2D eigenvalue weighted by Gasteiger charge is -2.34. The Bertz CT molecular complexity index is 587. The summed E-state index contributed by atoms with van der Waals surface area (Å²) in [5, 5.41) is 0. The molecular formula is C14H20ClFN2O2S. The van der Waals surface area contributed by atoms with Gasteiger partial charge >= 0.3 is 0 Å². The van der Waals surface area contributed by atoms with Crippen LogP contribution in [0.15, 0.2) is 23.1 Å². The molecule has 0 radical (unpaired) electrons. The molecule has 1 fully saturated rings. The number of rotatable bonds is 5. The third-order valence-electron chi connectivity index (χ3n) is 3.66. The first-order chi connectivity index (χ1) is 9.98. The summed E-state index contributed by atoms with van der Waals surface area (Å²) in [7, 11) is -3.68. The molecule has 0 bridgehead atoms. The molecule has 4 nitrogen and oxygen atoms in total. The van der Waals surface area contributed by atoms with E-state index in [0.29, 0.717) is 31.7 Å². The number of alkyl halides is 1. The average Bonchev–Trinajstić information content (AvgIpc) is 2.48. The van der Waals surface area contributed by atoms with Gasteiger partial charge in [-0.25, -0.2) is 12.8 Å². The molecule has 118 valence electrons. The van der Waals surface area contributed by atoms with Gasteiger partial charge in [0.2, 0.25) is 10.0 Å². The van der Waals surface area contributed by atoms with Crippen molar-refractivity contribution in [2.45, 2.75) is 24.1 Å². The summed E-state index contributed by atoms with van der Waals surface area (Å²) in [6.07, 6.45) is 1.05. The van der Waals surface area contributed by atoms with Crippen molar-refractivity contribution in [3.05, 3.63) is 29.6 Å². The summed E-state index contributed by atoms with van der Waals surface area (Å²) in [5.41, 5.74) is 0.439. The lowest BCUT2D eigenvalue weighted by molar-refractivity contribution is 0.188. The number of hydrogen-bond acceptors (Lipinski definition) is 3. The molecule has 1 aromatic rings. The normalized spacial score (nSPS) is 18.0. The second kappa shape index (κ2) is 7.05. The summed E-state index contributed by atoms with van der Waals surface area (Å²) in [4.78, 5) is 2.22. The van der Waals surface area contributed by atoms with Gasteiger partial charge in [0.1, 0.15) is 5.82 Å². The van der Waals surface area contributed by atoms with Crippen LogP contribution in [0.25, 0.3) is 0 Å². The van der Waals surface area contributed by atoms with Gasteiger partial charge in [-0.3, -0.25) is 0 Å². The van der Waals surface area contributed by atoms with E-state index in [0.717, 1.165) is 19.0 Å². The first-order valence-corrected chi connectivity index (χ1v) is 9.03. The molecule has 1 aromatic carbocycles. The van der Waals surface area contributed by atoms with E-state index in [2.05, 4.69) is 11.8 Å². The molecule has 0 amide bonds. The van der Waals surface area contributed by atoms with Gasteiger partial charge in [0, 0.05) is 32.1 Å². The number of sulfonamides is 1. The predicted molar refractivity (Wildman–Crippen MR) is 81.4 cm³/mol. The Morgan fingerprint density at radius 1 is 1.24 bits per heavy atom. The van der Waals surface area contributed by atoms with Crippen LogP contribution in [0.5, 0.6) is 0 Å². The monoisotopic (exact) mass is 334 g/mol. The Morgan fingerprint density at radius 2 is 1.90 bits per heavy atom. The minimum absolute atomic E-state index is 0.0126. The van der Waals surface area contributed by atoms with E-state index in [-0.39, 0.29) is 10.8 Å². The van der Waals surface area contributed by atoms with Gasteiger partial charge in [-0.05, 0) is 30.7 Å². The van der Waals surface area contributed by atoms with E-state index in [1.54, 1.807) is 0 Å². The second-order valence-corrected chi connectivity index (χ2v) is 7.31. The molecule has 1 aliphatic rings. The van der Waals surface area contributed by atoms with Crippen molar-refractivity contribution in [1.82, 2.24) is 9.21 Å². The molecule has 21 heavy (non-hydrogen) atoms. The molecule has 2 rings (SSSR count). The fourth-order valence-corrected chi connectivity index (χ4v) is 4.50. The van der Waals surface area contributed by atoms with E-state index < -0.39 is 15.8 Å². The van der Waals surface area contributed by atoms with Crippen molar-refractivity contribution in [3.63, 3.8) is 0 Å². The zero-order chi connectivity index (χ0) is 15.5. The third kappa shape index (κ3) is 3.74. The average molecular weight is 335 g/mol. The van der Waals surface area contributed by atoms with E-state index in [4.69, 9.17) is 11.6 Å². The Labute approximate surface area is 130 Å². The van der Waals surface area contributed by atoms with Gasteiger partial charge in [-0.15, -0.1) is 11.6 Å². The number of hydrogen-bond donors (Lipinski definition) is 0. The SMILES string of the molecule is CCCN1CCN(S(=O)(=O)c2cc(F)ccc2CCl)CC1. The number of benzene rings is 1. The van der Waals surface area contributed by atoms with Crippen molar-refractivity contribution in [1.29, 1.82) is 0 Å². The summed E-state index contributed by atoms with van der Waals surface area (Å²) in [6.45, 7) is 5.35. The fraction of sp³-hybridized carbons (Fsp3) is 0.571. The van der Waals surface area contributed by atoms with Crippen LogP contribution >= 0.6 is 11.6 Å². The van der Waals surface area contributed by atoms with Crippen molar-refractivity contribution in [2.75, 3.05) is 32.7 Å². The lowest BCUT2D eigenvalue weighted by atomic mass is 10.2. The first-order valence-electron chi connectivity index (χ1n) is 7.06. The maximum atomic E-state index is 13.4. The van der Waals surface area contributed by atoms with Crippen molar-refractivity contribution in [2.24, 2.45) is 0 Å². The Kier molecular flexibility index (Phi) is 5.60. The summed E-state index contributed by atoms with van der Waals surface area (Å²) in [5.74, 6) is -0.517. The molecule has 0 aliphatic carbocycles. The largest absolute Gasteiger partial charge is 0.301 e. The molecule has 0 N–H and O–H groups in total. The zero-order valence-electron chi connectivity index (χ0n) is 12.1. The lowest BCUT2D eigenvalue weighted by Crippen LogP contribution is -2.48. The van der Waals surface area contributed by atoms with Crippen molar-refractivity contribution >= 4 is 21.6 Å². The third-order valence-corrected chi connectivity index (χ3v) is 5.93. The van der Waals surface area contributed by atoms with Crippen LogP contribution in [0.1, 0.15) is 18.9 Å². The Balaban J connectivity index is 2.21. The van der Waals surface area contributed by atoms with Crippen LogP contribution in [0.4, 0.5) is 4.39 Å².